The molecule has 0 fully saturated rings. The molecule has 0 unspecified atom stereocenters. The van der Waals surface area contributed by atoms with Gasteiger partial charge in [-0.1, -0.05) is 146 Å². The zero-order valence-corrected chi connectivity index (χ0v) is 29.8. The van der Waals surface area contributed by atoms with E-state index in [1.165, 1.54) is 55.6 Å². The van der Waals surface area contributed by atoms with Crippen molar-refractivity contribution < 1.29 is 8.83 Å². The monoisotopic (exact) mass is 700 g/mol. The first kappa shape index (κ1) is 30.3. The van der Waals surface area contributed by atoms with Gasteiger partial charge in [-0.15, -0.1) is 0 Å². The van der Waals surface area contributed by atoms with E-state index < -0.39 is 5.41 Å². The summed E-state index contributed by atoms with van der Waals surface area (Å²) < 4.78 is 12.2. The van der Waals surface area contributed by atoms with E-state index in [9.17, 15) is 0 Å². The van der Waals surface area contributed by atoms with E-state index in [4.69, 9.17) is 8.83 Å². The van der Waals surface area contributed by atoms with E-state index in [1.54, 1.807) is 0 Å². The number of rotatable bonds is 4. The van der Waals surface area contributed by atoms with Gasteiger partial charge in [0.25, 0.3) is 0 Å². The molecule has 8 aromatic carbocycles. The third kappa shape index (κ3) is 4.37. The number of benzene rings is 8. The van der Waals surface area contributed by atoms with Crippen molar-refractivity contribution in [2.45, 2.75) is 5.41 Å². The van der Waals surface area contributed by atoms with E-state index >= 15 is 0 Å². The van der Waals surface area contributed by atoms with Gasteiger partial charge in [0.15, 0.2) is 0 Å². The summed E-state index contributed by atoms with van der Waals surface area (Å²) in [6.07, 6.45) is 8.95. The normalized spacial score (nSPS) is 13.8. The largest absolute Gasteiger partial charge is 0.456 e. The zero-order valence-electron chi connectivity index (χ0n) is 29.8. The first-order valence-electron chi connectivity index (χ1n) is 18.9. The van der Waals surface area contributed by atoms with E-state index in [1.807, 2.05) is 24.3 Å². The van der Waals surface area contributed by atoms with Crippen LogP contribution in [0.1, 0.15) is 44.5 Å². The first-order valence-corrected chi connectivity index (χ1v) is 18.9. The number of hydrogen-bond donors (Lipinski definition) is 0. The maximum Gasteiger partial charge on any atom is 0.135 e. The maximum atomic E-state index is 6.10. The van der Waals surface area contributed by atoms with Gasteiger partial charge >= 0.3 is 0 Å². The van der Waals surface area contributed by atoms with Gasteiger partial charge in [0.2, 0.25) is 0 Å². The van der Waals surface area contributed by atoms with Crippen LogP contribution in [0, 0.1) is 0 Å². The molecule has 10 aromatic rings. The Morgan fingerprint density at radius 1 is 0.291 bits per heavy atom. The Hall–Kier alpha value is -7.16. The molecule has 12 rings (SSSR count). The van der Waals surface area contributed by atoms with Crippen molar-refractivity contribution in [1.82, 2.24) is 0 Å². The molecule has 2 heterocycles. The fourth-order valence-corrected chi connectivity index (χ4v) is 9.46. The number of hydrogen-bond acceptors (Lipinski definition) is 2. The predicted octanol–water partition coefficient (Wildman–Crippen LogP) is 14.2. The molecule has 0 saturated carbocycles. The average Bonchev–Trinajstić information content (AvgIpc) is 3.97. The van der Waals surface area contributed by atoms with Crippen molar-refractivity contribution in [2.24, 2.45) is 0 Å². The van der Waals surface area contributed by atoms with Crippen LogP contribution in [0.15, 0.2) is 179 Å². The van der Waals surface area contributed by atoms with Crippen molar-refractivity contribution in [1.29, 1.82) is 0 Å². The van der Waals surface area contributed by atoms with Crippen molar-refractivity contribution in [3.05, 3.63) is 214 Å². The molecule has 2 aliphatic carbocycles. The molecule has 2 nitrogen and oxygen atoms in total. The molecular weight excluding hydrogens is 669 g/mol. The molecule has 1 spiro atoms. The second-order valence-electron chi connectivity index (χ2n) is 14.8. The molecule has 2 aromatic heterocycles. The molecule has 55 heavy (non-hydrogen) atoms. The van der Waals surface area contributed by atoms with Crippen LogP contribution in [0.2, 0.25) is 0 Å². The lowest BCUT2D eigenvalue weighted by Gasteiger charge is -2.30. The smallest absolute Gasteiger partial charge is 0.135 e. The first-order chi connectivity index (χ1) is 27.2. The molecule has 2 aliphatic rings. The number of fused-ring (bicyclic) bond motifs is 16. The lowest BCUT2D eigenvalue weighted by atomic mass is 9.70. The van der Waals surface area contributed by atoms with Crippen molar-refractivity contribution in [2.75, 3.05) is 0 Å². The molecular formula is C53H32O2. The molecule has 256 valence electrons. The van der Waals surface area contributed by atoms with E-state index in [2.05, 4.69) is 170 Å². The summed E-state index contributed by atoms with van der Waals surface area (Å²) in [6, 6.07) is 61.5. The summed E-state index contributed by atoms with van der Waals surface area (Å²) in [7, 11) is 0. The van der Waals surface area contributed by atoms with Crippen LogP contribution >= 0.6 is 0 Å². The summed E-state index contributed by atoms with van der Waals surface area (Å²) in [5, 5.41) is 4.57. The van der Waals surface area contributed by atoms with Crippen LogP contribution in [0.25, 0.3) is 90.4 Å². The Kier molecular flexibility index (Phi) is 6.29. The highest BCUT2D eigenvalue weighted by Gasteiger charge is 2.51. The number of para-hydroxylation sites is 2. The molecule has 0 aliphatic heterocycles. The van der Waals surface area contributed by atoms with Crippen LogP contribution < -0.4 is 0 Å². The minimum Gasteiger partial charge on any atom is -0.456 e. The Bertz CT molecular complexity index is 3050. The Labute approximate surface area is 317 Å². The SMILES string of the molecule is C(=Cc1ccc2oc3ccccc3c2c1)c1ccc2c(c1)C1(c3ccccc3-c3ccccc31)c1cc(C=Cc3ccc4oc5ccccc5c4c3)ccc1-2. The maximum absolute atomic E-state index is 6.10. The molecule has 0 N–H and O–H groups in total. The highest BCUT2D eigenvalue weighted by molar-refractivity contribution is 6.07. The van der Waals surface area contributed by atoms with Crippen LogP contribution in [0.5, 0.6) is 0 Å². The molecule has 2 heteroatoms. The standard InChI is InChI=1S/C53H32O2/c1-5-13-45-37(9-1)38-10-2-6-14-46(38)53(45)47-31-35(19-17-33-23-27-51-43(29-33)41-11-3-7-15-49(41)54-51)21-25-39(47)40-26-22-36(32-48(40)53)20-18-34-24-28-52-44(30-34)42-12-4-8-16-50(42)55-52/h1-32H. The van der Waals surface area contributed by atoms with Crippen molar-refractivity contribution in [3.8, 4) is 22.3 Å². The topological polar surface area (TPSA) is 26.3 Å². The minimum atomic E-state index is -0.436. The van der Waals surface area contributed by atoms with Gasteiger partial charge in [0, 0.05) is 21.5 Å². The van der Waals surface area contributed by atoms with Crippen molar-refractivity contribution in [3.63, 3.8) is 0 Å². The summed E-state index contributed by atoms with van der Waals surface area (Å²) in [5.74, 6) is 0. The van der Waals surface area contributed by atoms with Gasteiger partial charge in [-0.05, 0) is 115 Å². The minimum absolute atomic E-state index is 0.436. The van der Waals surface area contributed by atoms with Gasteiger partial charge in [-0.25, -0.2) is 0 Å². The molecule has 0 atom stereocenters. The van der Waals surface area contributed by atoms with Gasteiger partial charge in [0.05, 0.1) is 5.41 Å². The summed E-state index contributed by atoms with van der Waals surface area (Å²) in [6.45, 7) is 0. The summed E-state index contributed by atoms with van der Waals surface area (Å²) in [4.78, 5) is 0. The van der Waals surface area contributed by atoms with E-state index in [0.717, 1.165) is 55.0 Å². The van der Waals surface area contributed by atoms with Gasteiger partial charge in [-0.3, -0.25) is 0 Å². The lowest BCUT2D eigenvalue weighted by Crippen LogP contribution is -2.26. The number of furan rings is 2. The van der Waals surface area contributed by atoms with Gasteiger partial charge in [-0.2, -0.15) is 0 Å². The van der Waals surface area contributed by atoms with E-state index in [-0.39, 0.29) is 0 Å². The van der Waals surface area contributed by atoms with Crippen molar-refractivity contribution >= 4 is 68.2 Å². The Balaban J connectivity index is 0.992. The second-order valence-corrected chi connectivity index (χ2v) is 14.8. The highest BCUT2D eigenvalue weighted by Crippen LogP contribution is 2.63. The lowest BCUT2D eigenvalue weighted by molar-refractivity contribution is 0.668. The highest BCUT2D eigenvalue weighted by atomic mass is 16.3. The van der Waals surface area contributed by atoms with Crippen LogP contribution in [-0.2, 0) is 5.41 Å². The second kappa shape index (κ2) is 11.4. The summed E-state index contributed by atoms with van der Waals surface area (Å²) in [5.41, 5.74) is 18.4. The van der Waals surface area contributed by atoms with E-state index in [0.29, 0.717) is 0 Å². The molecule has 0 saturated heterocycles. The fourth-order valence-electron chi connectivity index (χ4n) is 9.46. The van der Waals surface area contributed by atoms with Gasteiger partial charge in [0.1, 0.15) is 22.3 Å². The zero-order chi connectivity index (χ0) is 36.1. The van der Waals surface area contributed by atoms with Gasteiger partial charge < -0.3 is 8.83 Å². The average molecular weight is 701 g/mol. The predicted molar refractivity (Wildman–Crippen MR) is 228 cm³/mol. The molecule has 0 amide bonds. The summed E-state index contributed by atoms with van der Waals surface area (Å²) >= 11 is 0. The Morgan fingerprint density at radius 2 is 0.655 bits per heavy atom. The molecule has 0 radical (unpaired) electrons. The van der Waals surface area contributed by atoms with Crippen LogP contribution in [-0.4, -0.2) is 0 Å². The molecule has 0 bridgehead atoms. The third-order valence-corrected chi connectivity index (χ3v) is 11.9. The third-order valence-electron chi connectivity index (χ3n) is 11.9. The Morgan fingerprint density at radius 3 is 1.15 bits per heavy atom. The van der Waals surface area contributed by atoms with Crippen LogP contribution in [0.4, 0.5) is 0 Å². The van der Waals surface area contributed by atoms with Crippen LogP contribution in [0.3, 0.4) is 0 Å². The fraction of sp³-hybridized carbons (Fsp3) is 0.0189. The quantitative estimate of drug-likeness (QED) is 0.171.